The Balaban J connectivity index is 2.86. The lowest BCUT2D eigenvalue weighted by Gasteiger charge is -2.17. The highest BCUT2D eigenvalue weighted by Crippen LogP contribution is 2.22. The molecular weight excluding hydrogens is 174 g/mol. The summed E-state index contributed by atoms with van der Waals surface area (Å²) in [7, 11) is 0. The summed E-state index contributed by atoms with van der Waals surface area (Å²) in [6.45, 7) is 8.14. The summed E-state index contributed by atoms with van der Waals surface area (Å²) in [6, 6.07) is 1.87. The SMILES string of the molecule is Cc1ccncc1C(=O)CC(C)(C)C. The number of hydrogen-bond acceptors (Lipinski definition) is 2. The van der Waals surface area contributed by atoms with Crippen molar-refractivity contribution >= 4 is 5.78 Å². The number of carbonyl (C=O) groups is 1. The lowest BCUT2D eigenvalue weighted by Crippen LogP contribution is -2.14. The van der Waals surface area contributed by atoms with Gasteiger partial charge in [0.05, 0.1) is 0 Å². The molecule has 0 fully saturated rings. The number of rotatable bonds is 2. The maximum atomic E-state index is 11.8. The van der Waals surface area contributed by atoms with E-state index in [1.807, 2.05) is 13.0 Å². The first kappa shape index (κ1) is 10.9. The van der Waals surface area contributed by atoms with E-state index in [0.29, 0.717) is 6.42 Å². The first-order valence-corrected chi connectivity index (χ1v) is 4.84. The standard InChI is InChI=1S/C12H17NO/c1-9-5-6-13-8-10(9)11(14)7-12(2,3)4/h5-6,8H,7H2,1-4H3. The molecule has 0 aliphatic heterocycles. The lowest BCUT2D eigenvalue weighted by atomic mass is 9.87. The molecule has 0 aliphatic rings. The summed E-state index contributed by atoms with van der Waals surface area (Å²) in [5.74, 6) is 0.183. The van der Waals surface area contributed by atoms with E-state index in [1.165, 1.54) is 0 Å². The zero-order valence-electron chi connectivity index (χ0n) is 9.29. The fourth-order valence-electron chi connectivity index (χ4n) is 1.33. The summed E-state index contributed by atoms with van der Waals surface area (Å²) >= 11 is 0. The van der Waals surface area contributed by atoms with E-state index >= 15 is 0 Å². The second-order valence-corrected chi connectivity index (χ2v) is 4.85. The normalized spacial score (nSPS) is 11.4. The molecule has 14 heavy (non-hydrogen) atoms. The summed E-state index contributed by atoms with van der Waals surface area (Å²) in [4.78, 5) is 15.8. The van der Waals surface area contributed by atoms with Crippen molar-refractivity contribution in [1.29, 1.82) is 0 Å². The lowest BCUT2D eigenvalue weighted by molar-refractivity contribution is 0.0939. The van der Waals surface area contributed by atoms with Crippen molar-refractivity contribution < 1.29 is 4.79 Å². The third-order valence-electron chi connectivity index (χ3n) is 2.03. The second kappa shape index (κ2) is 3.91. The topological polar surface area (TPSA) is 30.0 Å². The van der Waals surface area contributed by atoms with E-state index in [4.69, 9.17) is 0 Å². The monoisotopic (exact) mass is 191 g/mol. The van der Waals surface area contributed by atoms with Gasteiger partial charge in [-0.2, -0.15) is 0 Å². The van der Waals surface area contributed by atoms with Crippen LogP contribution < -0.4 is 0 Å². The van der Waals surface area contributed by atoms with Crippen molar-refractivity contribution in [2.75, 3.05) is 0 Å². The van der Waals surface area contributed by atoms with Gasteiger partial charge in [0.2, 0.25) is 0 Å². The summed E-state index contributed by atoms with van der Waals surface area (Å²) in [6.07, 6.45) is 3.94. The number of aryl methyl sites for hydroxylation is 1. The van der Waals surface area contributed by atoms with Gasteiger partial charge in [-0.15, -0.1) is 0 Å². The van der Waals surface area contributed by atoms with E-state index in [1.54, 1.807) is 12.4 Å². The zero-order valence-corrected chi connectivity index (χ0v) is 9.29. The number of carbonyl (C=O) groups excluding carboxylic acids is 1. The molecule has 0 atom stereocenters. The minimum atomic E-state index is 0.0410. The van der Waals surface area contributed by atoms with Crippen LogP contribution in [-0.4, -0.2) is 10.8 Å². The number of hydrogen-bond donors (Lipinski definition) is 0. The molecule has 1 heterocycles. The van der Waals surface area contributed by atoms with Crippen molar-refractivity contribution in [2.45, 2.75) is 34.1 Å². The zero-order chi connectivity index (χ0) is 10.8. The Morgan fingerprint density at radius 2 is 2.07 bits per heavy atom. The highest BCUT2D eigenvalue weighted by Gasteiger charge is 2.18. The molecule has 76 valence electrons. The molecule has 0 unspecified atom stereocenters. The maximum absolute atomic E-state index is 11.8. The average molecular weight is 191 g/mol. The molecule has 1 aromatic heterocycles. The highest BCUT2D eigenvalue weighted by atomic mass is 16.1. The third-order valence-corrected chi connectivity index (χ3v) is 2.03. The van der Waals surface area contributed by atoms with E-state index in [0.717, 1.165) is 11.1 Å². The molecule has 0 amide bonds. The predicted octanol–water partition coefficient (Wildman–Crippen LogP) is 3.01. The second-order valence-electron chi connectivity index (χ2n) is 4.85. The van der Waals surface area contributed by atoms with Gasteiger partial charge in [0.15, 0.2) is 5.78 Å². The molecule has 0 aromatic carbocycles. The fourth-order valence-corrected chi connectivity index (χ4v) is 1.33. The summed E-state index contributed by atoms with van der Waals surface area (Å²) < 4.78 is 0. The molecule has 2 nitrogen and oxygen atoms in total. The Kier molecular flexibility index (Phi) is 3.04. The van der Waals surface area contributed by atoms with Crippen LogP contribution in [0, 0.1) is 12.3 Å². The van der Waals surface area contributed by atoms with E-state index < -0.39 is 0 Å². The molecule has 0 bridgehead atoms. The highest BCUT2D eigenvalue weighted by molar-refractivity contribution is 5.97. The Morgan fingerprint density at radius 1 is 1.43 bits per heavy atom. The van der Waals surface area contributed by atoms with Gasteiger partial charge < -0.3 is 0 Å². The Labute approximate surface area is 85.4 Å². The van der Waals surface area contributed by atoms with Crippen molar-refractivity contribution in [2.24, 2.45) is 5.41 Å². The molecule has 0 saturated carbocycles. The van der Waals surface area contributed by atoms with Crippen LogP contribution in [-0.2, 0) is 0 Å². The molecule has 1 rings (SSSR count). The Bertz CT molecular complexity index is 336. The van der Waals surface area contributed by atoms with Crippen molar-refractivity contribution in [3.8, 4) is 0 Å². The van der Waals surface area contributed by atoms with Crippen LogP contribution in [0.3, 0.4) is 0 Å². The van der Waals surface area contributed by atoms with Crippen LogP contribution in [0.15, 0.2) is 18.5 Å². The van der Waals surface area contributed by atoms with Crippen LogP contribution in [0.4, 0.5) is 0 Å². The van der Waals surface area contributed by atoms with Gasteiger partial charge in [-0.1, -0.05) is 20.8 Å². The quantitative estimate of drug-likeness (QED) is 0.672. The van der Waals surface area contributed by atoms with E-state index in [2.05, 4.69) is 25.8 Å². The van der Waals surface area contributed by atoms with Gasteiger partial charge in [-0.05, 0) is 24.0 Å². The predicted molar refractivity (Wildman–Crippen MR) is 57.4 cm³/mol. The van der Waals surface area contributed by atoms with Crippen LogP contribution in [0.1, 0.15) is 43.1 Å². The van der Waals surface area contributed by atoms with Crippen LogP contribution in [0.25, 0.3) is 0 Å². The number of nitrogens with zero attached hydrogens (tertiary/aromatic N) is 1. The minimum Gasteiger partial charge on any atom is -0.294 e. The first-order valence-electron chi connectivity index (χ1n) is 4.84. The van der Waals surface area contributed by atoms with Crippen molar-refractivity contribution in [3.63, 3.8) is 0 Å². The summed E-state index contributed by atoms with van der Waals surface area (Å²) in [5, 5.41) is 0. The maximum Gasteiger partial charge on any atom is 0.165 e. The molecule has 2 heteroatoms. The van der Waals surface area contributed by atoms with Gasteiger partial charge in [0, 0.05) is 24.4 Å². The Morgan fingerprint density at radius 3 is 2.57 bits per heavy atom. The third kappa shape index (κ3) is 2.95. The van der Waals surface area contributed by atoms with Crippen LogP contribution >= 0.6 is 0 Å². The molecule has 0 radical (unpaired) electrons. The van der Waals surface area contributed by atoms with Crippen LogP contribution in [0.5, 0.6) is 0 Å². The fraction of sp³-hybridized carbons (Fsp3) is 0.500. The summed E-state index contributed by atoms with van der Waals surface area (Å²) in [5.41, 5.74) is 1.80. The first-order chi connectivity index (χ1) is 6.40. The molecule has 0 saturated heterocycles. The van der Waals surface area contributed by atoms with E-state index in [9.17, 15) is 4.79 Å². The van der Waals surface area contributed by atoms with Gasteiger partial charge in [0.25, 0.3) is 0 Å². The molecule has 0 spiro atoms. The van der Waals surface area contributed by atoms with Crippen LogP contribution in [0.2, 0.25) is 0 Å². The smallest absolute Gasteiger partial charge is 0.165 e. The molecular formula is C12H17NO. The van der Waals surface area contributed by atoms with Gasteiger partial charge in [0.1, 0.15) is 0 Å². The average Bonchev–Trinajstić information content (AvgIpc) is 2.01. The van der Waals surface area contributed by atoms with Gasteiger partial charge >= 0.3 is 0 Å². The molecule has 1 aromatic rings. The van der Waals surface area contributed by atoms with Gasteiger partial charge in [-0.3, -0.25) is 9.78 Å². The largest absolute Gasteiger partial charge is 0.294 e. The van der Waals surface area contributed by atoms with E-state index in [-0.39, 0.29) is 11.2 Å². The number of ketones is 1. The molecule has 0 aliphatic carbocycles. The Hall–Kier alpha value is -1.18. The number of aromatic nitrogens is 1. The van der Waals surface area contributed by atoms with Crippen molar-refractivity contribution in [3.05, 3.63) is 29.6 Å². The molecule has 0 N–H and O–H groups in total. The van der Waals surface area contributed by atoms with Crippen molar-refractivity contribution in [1.82, 2.24) is 4.98 Å². The number of pyridine rings is 1. The van der Waals surface area contributed by atoms with Gasteiger partial charge in [-0.25, -0.2) is 0 Å². The number of Topliss-reactive ketones (excluding diaryl/α,β-unsaturated/α-hetero) is 1. The minimum absolute atomic E-state index is 0.0410.